The van der Waals surface area contributed by atoms with Crippen molar-refractivity contribution in [2.45, 2.75) is 0 Å². The SMILES string of the molecule is O=C(O)c1cccc([N+](=O)[O-])c1O[N+](=O)[O-].[SrH2]. The Morgan fingerprint density at radius 2 is 1.88 bits per heavy atom. The van der Waals surface area contributed by atoms with Crippen LogP contribution in [0.1, 0.15) is 10.4 Å². The molecule has 0 amide bonds. The molecule has 1 aromatic rings. The third-order valence-corrected chi connectivity index (χ3v) is 1.59. The van der Waals surface area contributed by atoms with Crippen LogP contribution >= 0.6 is 0 Å². The quantitative estimate of drug-likeness (QED) is 0.467. The van der Waals surface area contributed by atoms with Crippen LogP contribution in [-0.2, 0) is 0 Å². The molecule has 0 heterocycles. The van der Waals surface area contributed by atoms with Gasteiger partial charge in [0.1, 0.15) is 0 Å². The molecule has 0 spiro atoms. The van der Waals surface area contributed by atoms with Gasteiger partial charge in [-0.3, -0.25) is 15.0 Å². The van der Waals surface area contributed by atoms with Crippen LogP contribution in [0, 0.1) is 20.2 Å². The van der Waals surface area contributed by atoms with E-state index < -0.39 is 33.0 Å². The number of nitro benzene ring substituents is 1. The third-order valence-electron chi connectivity index (χ3n) is 1.59. The Hall–Kier alpha value is -1.23. The van der Waals surface area contributed by atoms with E-state index in [9.17, 15) is 25.0 Å². The van der Waals surface area contributed by atoms with Crippen LogP contribution in [0.25, 0.3) is 0 Å². The summed E-state index contributed by atoms with van der Waals surface area (Å²) in [5.74, 6) is -2.45. The van der Waals surface area contributed by atoms with Crippen molar-refractivity contribution in [1.29, 1.82) is 0 Å². The molecule has 9 nitrogen and oxygen atoms in total. The number of nitro groups is 1. The molecule has 0 saturated heterocycles. The molecule has 0 aliphatic heterocycles. The van der Waals surface area contributed by atoms with Crippen LogP contribution in [0.15, 0.2) is 18.2 Å². The number of rotatable bonds is 4. The number of carbonyl (C=O) groups is 1. The molecule has 0 atom stereocenters. The van der Waals surface area contributed by atoms with Crippen LogP contribution in [0.2, 0.25) is 0 Å². The molecule has 1 rings (SSSR count). The molecular formula is C7H6N2O7Sr. The molecule has 0 aliphatic carbocycles. The molecule has 0 saturated carbocycles. The summed E-state index contributed by atoms with van der Waals surface area (Å²) in [5, 5.41) is 27.9. The maximum atomic E-state index is 10.7. The fraction of sp³-hybridized carbons (Fsp3) is 0. The molecular weight excluding hydrogens is 312 g/mol. The van der Waals surface area contributed by atoms with Crippen molar-refractivity contribution in [2.24, 2.45) is 0 Å². The van der Waals surface area contributed by atoms with E-state index in [1.54, 1.807) is 0 Å². The molecule has 0 unspecified atom stereocenters. The molecule has 1 N–H and O–H groups in total. The van der Waals surface area contributed by atoms with Crippen LogP contribution in [0.3, 0.4) is 0 Å². The van der Waals surface area contributed by atoms with Gasteiger partial charge >= 0.3 is 51.5 Å². The van der Waals surface area contributed by atoms with Gasteiger partial charge in [0.2, 0.25) is 5.75 Å². The number of hydrogen-bond acceptors (Lipinski definition) is 6. The number of para-hydroxylation sites is 1. The standard InChI is InChI=1S/C7H4N2O7.Sr.2H/c10-7(11)4-2-1-3-5(8(12)13)6(4)16-9(14)15;;;/h1-3H,(H,10,11);;;. The van der Waals surface area contributed by atoms with E-state index in [0.717, 1.165) is 18.2 Å². The van der Waals surface area contributed by atoms with Crippen molar-refractivity contribution in [3.8, 4) is 5.75 Å². The van der Waals surface area contributed by atoms with Gasteiger partial charge in [-0.25, -0.2) is 4.79 Å². The summed E-state index contributed by atoms with van der Waals surface area (Å²) < 4.78 is 0. The Labute approximate surface area is 131 Å². The monoisotopic (exact) mass is 318 g/mol. The molecule has 0 aromatic heterocycles. The summed E-state index contributed by atoms with van der Waals surface area (Å²) in [7, 11) is 0. The summed E-state index contributed by atoms with van der Waals surface area (Å²) in [6.45, 7) is 0. The minimum absolute atomic E-state index is 0. The summed E-state index contributed by atoms with van der Waals surface area (Å²) in [5.41, 5.74) is -1.43. The third kappa shape index (κ3) is 3.93. The fourth-order valence-electron chi connectivity index (χ4n) is 1.01. The van der Waals surface area contributed by atoms with Gasteiger partial charge in [0.15, 0.2) is 0 Å². The minimum atomic E-state index is -1.56. The van der Waals surface area contributed by atoms with Gasteiger partial charge < -0.3 is 5.11 Å². The van der Waals surface area contributed by atoms with Gasteiger partial charge in [-0.2, -0.15) is 0 Å². The zero-order chi connectivity index (χ0) is 12.3. The number of hydrogen-bond donors (Lipinski definition) is 1. The van der Waals surface area contributed by atoms with Gasteiger partial charge in [0, 0.05) is 6.07 Å². The molecule has 0 radical (unpaired) electrons. The maximum absolute atomic E-state index is 10.7. The molecule has 0 aliphatic rings. The fourth-order valence-corrected chi connectivity index (χ4v) is 1.01. The Balaban J connectivity index is 0.00000256. The predicted octanol–water partition coefficient (Wildman–Crippen LogP) is -0.0527. The van der Waals surface area contributed by atoms with E-state index in [2.05, 4.69) is 4.84 Å². The van der Waals surface area contributed by atoms with E-state index in [1.807, 2.05) is 0 Å². The van der Waals surface area contributed by atoms with E-state index in [4.69, 9.17) is 5.11 Å². The first-order valence-electron chi connectivity index (χ1n) is 3.76. The number of carboxylic acid groups (broad SMARTS) is 1. The van der Waals surface area contributed by atoms with Crippen molar-refractivity contribution in [1.82, 2.24) is 0 Å². The van der Waals surface area contributed by atoms with E-state index in [-0.39, 0.29) is 45.5 Å². The van der Waals surface area contributed by atoms with Gasteiger partial charge in [-0.05, 0) is 6.07 Å². The van der Waals surface area contributed by atoms with Gasteiger partial charge in [0.25, 0.3) is 10.8 Å². The first-order chi connectivity index (χ1) is 7.43. The summed E-state index contributed by atoms with van der Waals surface area (Å²) >= 11 is 0. The van der Waals surface area contributed by atoms with Crippen LogP contribution in [0.4, 0.5) is 5.69 Å². The first kappa shape index (κ1) is 15.8. The van der Waals surface area contributed by atoms with Crippen molar-refractivity contribution in [2.75, 3.05) is 0 Å². The Morgan fingerprint density at radius 1 is 1.29 bits per heavy atom. The van der Waals surface area contributed by atoms with Gasteiger partial charge in [-0.1, -0.05) is 6.07 Å². The first-order valence-corrected chi connectivity index (χ1v) is 3.76. The number of nitrogens with zero attached hydrogens (tertiary/aromatic N) is 2. The predicted molar refractivity (Wildman–Crippen MR) is 56.2 cm³/mol. The summed E-state index contributed by atoms with van der Waals surface area (Å²) in [6.07, 6.45) is 0. The molecule has 17 heavy (non-hydrogen) atoms. The zero-order valence-electron chi connectivity index (χ0n) is 7.52. The van der Waals surface area contributed by atoms with Crippen LogP contribution < -0.4 is 4.84 Å². The molecule has 0 fully saturated rings. The summed E-state index contributed by atoms with van der Waals surface area (Å²) in [4.78, 5) is 34.2. The van der Waals surface area contributed by atoms with E-state index in [1.165, 1.54) is 0 Å². The van der Waals surface area contributed by atoms with Crippen LogP contribution in [0.5, 0.6) is 5.75 Å². The van der Waals surface area contributed by atoms with Gasteiger partial charge in [0.05, 0.1) is 10.5 Å². The molecule has 88 valence electrons. The zero-order valence-corrected chi connectivity index (χ0v) is 7.52. The second-order valence-electron chi connectivity index (χ2n) is 2.53. The average Bonchev–Trinajstić information content (AvgIpc) is 2.16. The van der Waals surface area contributed by atoms with E-state index in [0.29, 0.717) is 0 Å². The normalized spacial score (nSPS) is 8.94. The Bertz CT molecular complexity index is 443. The Kier molecular flexibility index (Phi) is 6.02. The summed E-state index contributed by atoms with van der Waals surface area (Å²) in [6, 6.07) is 2.97. The molecule has 0 bridgehead atoms. The van der Waals surface area contributed by atoms with Crippen molar-refractivity contribution in [3.05, 3.63) is 44.0 Å². The average molecular weight is 318 g/mol. The van der Waals surface area contributed by atoms with E-state index >= 15 is 0 Å². The van der Waals surface area contributed by atoms with Crippen molar-refractivity contribution in [3.63, 3.8) is 0 Å². The molecule has 1 aromatic carbocycles. The second kappa shape index (κ2) is 6.49. The van der Waals surface area contributed by atoms with Crippen LogP contribution in [-0.4, -0.2) is 66.6 Å². The topological polar surface area (TPSA) is 133 Å². The number of carboxylic acids is 1. The number of aromatic carboxylic acids is 1. The molecule has 10 heteroatoms. The number of benzene rings is 1. The van der Waals surface area contributed by atoms with Crippen molar-refractivity contribution < 1.29 is 24.7 Å². The van der Waals surface area contributed by atoms with Gasteiger partial charge in [-0.15, -0.1) is 10.1 Å². The Morgan fingerprint density at radius 3 is 2.29 bits per heavy atom. The second-order valence-corrected chi connectivity index (χ2v) is 2.53. The van der Waals surface area contributed by atoms with Crippen molar-refractivity contribution >= 4 is 57.1 Å².